The highest BCUT2D eigenvalue weighted by atomic mass is 15.0. The summed E-state index contributed by atoms with van der Waals surface area (Å²) in [6, 6.07) is 6.32. The number of nitrogens with zero attached hydrogens (tertiary/aromatic N) is 3. The van der Waals surface area contributed by atoms with Crippen molar-refractivity contribution in [2.75, 3.05) is 11.9 Å². The van der Waals surface area contributed by atoms with Gasteiger partial charge in [-0.3, -0.25) is 4.98 Å². The van der Waals surface area contributed by atoms with Crippen LogP contribution in [-0.4, -0.2) is 21.5 Å². The monoisotopic (exact) mass is 282 g/mol. The van der Waals surface area contributed by atoms with Gasteiger partial charge in [-0.05, 0) is 37.8 Å². The summed E-state index contributed by atoms with van der Waals surface area (Å²) in [5.41, 5.74) is 3.68. The summed E-state index contributed by atoms with van der Waals surface area (Å²) in [6.07, 6.45) is 6.20. The van der Waals surface area contributed by atoms with E-state index in [0.717, 1.165) is 43.1 Å². The topological polar surface area (TPSA) is 50.7 Å². The van der Waals surface area contributed by atoms with Gasteiger partial charge in [0.2, 0.25) is 0 Å². The van der Waals surface area contributed by atoms with Crippen molar-refractivity contribution >= 4 is 5.82 Å². The number of aromatic nitrogens is 3. The maximum absolute atomic E-state index is 4.77. The molecule has 21 heavy (non-hydrogen) atoms. The van der Waals surface area contributed by atoms with Crippen LogP contribution in [0.25, 0.3) is 0 Å². The Labute approximate surface area is 126 Å². The number of fused-ring (bicyclic) bond motifs is 1. The second kappa shape index (κ2) is 6.20. The molecule has 0 spiro atoms. The second-order valence-electron chi connectivity index (χ2n) is 5.47. The molecule has 2 aromatic rings. The van der Waals surface area contributed by atoms with Crippen LogP contribution in [0.3, 0.4) is 0 Å². The lowest BCUT2D eigenvalue weighted by Gasteiger charge is -2.24. The smallest absolute Gasteiger partial charge is 0.130 e. The number of hydrogen-bond acceptors (Lipinski definition) is 4. The normalized spacial score (nSPS) is 17.3. The SMILES string of the molecule is CCNc1cc(C2CCCc3cccnc32)nc(CC)n1. The third kappa shape index (κ3) is 2.89. The molecular formula is C17H22N4. The Morgan fingerprint density at radius 3 is 3.00 bits per heavy atom. The Kier molecular flexibility index (Phi) is 4.13. The van der Waals surface area contributed by atoms with Crippen molar-refractivity contribution in [3.05, 3.63) is 47.2 Å². The molecule has 0 bridgehead atoms. The van der Waals surface area contributed by atoms with Gasteiger partial charge in [0.05, 0.1) is 11.4 Å². The molecule has 0 aromatic carbocycles. The third-order valence-corrected chi connectivity index (χ3v) is 4.02. The maximum atomic E-state index is 4.77. The molecule has 0 saturated heterocycles. The second-order valence-corrected chi connectivity index (χ2v) is 5.47. The minimum atomic E-state index is 0.306. The molecule has 0 aliphatic heterocycles. The van der Waals surface area contributed by atoms with Gasteiger partial charge in [-0.2, -0.15) is 0 Å². The zero-order valence-electron chi connectivity index (χ0n) is 12.8. The number of aryl methyl sites for hydroxylation is 2. The molecule has 2 heterocycles. The lowest BCUT2D eigenvalue weighted by molar-refractivity contribution is 0.584. The van der Waals surface area contributed by atoms with Gasteiger partial charge < -0.3 is 5.32 Å². The summed E-state index contributed by atoms with van der Waals surface area (Å²) in [7, 11) is 0. The first-order valence-electron chi connectivity index (χ1n) is 7.87. The molecule has 1 atom stereocenters. The minimum Gasteiger partial charge on any atom is -0.370 e. The summed E-state index contributed by atoms with van der Waals surface area (Å²) >= 11 is 0. The van der Waals surface area contributed by atoms with E-state index < -0.39 is 0 Å². The predicted octanol–water partition coefficient (Wildman–Crippen LogP) is 3.33. The van der Waals surface area contributed by atoms with Crippen molar-refractivity contribution in [2.24, 2.45) is 0 Å². The van der Waals surface area contributed by atoms with E-state index in [2.05, 4.69) is 41.3 Å². The van der Waals surface area contributed by atoms with Crippen molar-refractivity contribution in [1.82, 2.24) is 15.0 Å². The van der Waals surface area contributed by atoms with Gasteiger partial charge in [-0.15, -0.1) is 0 Å². The molecule has 1 N–H and O–H groups in total. The Hall–Kier alpha value is -1.97. The highest BCUT2D eigenvalue weighted by molar-refractivity contribution is 5.41. The van der Waals surface area contributed by atoms with E-state index in [1.807, 2.05) is 12.3 Å². The van der Waals surface area contributed by atoms with Gasteiger partial charge in [0, 0.05) is 31.1 Å². The summed E-state index contributed by atoms with van der Waals surface area (Å²) in [5.74, 6) is 2.15. The van der Waals surface area contributed by atoms with Crippen LogP contribution in [-0.2, 0) is 12.8 Å². The lowest BCUT2D eigenvalue weighted by atomic mass is 9.84. The first-order chi connectivity index (χ1) is 10.3. The van der Waals surface area contributed by atoms with Crippen LogP contribution in [0.4, 0.5) is 5.82 Å². The van der Waals surface area contributed by atoms with Gasteiger partial charge in [-0.25, -0.2) is 9.97 Å². The standard InChI is InChI=1S/C17H22N4/c1-3-15-20-14(11-16(21-15)18-4-2)13-9-5-7-12-8-6-10-19-17(12)13/h6,8,10-11,13H,3-5,7,9H2,1-2H3,(H,18,20,21). The average Bonchev–Trinajstić information content (AvgIpc) is 2.54. The van der Waals surface area contributed by atoms with Crippen molar-refractivity contribution in [3.8, 4) is 0 Å². The highest BCUT2D eigenvalue weighted by Crippen LogP contribution is 2.34. The summed E-state index contributed by atoms with van der Waals surface area (Å²) in [4.78, 5) is 13.9. The fourth-order valence-electron chi connectivity index (χ4n) is 3.02. The predicted molar refractivity (Wildman–Crippen MR) is 84.6 cm³/mol. The van der Waals surface area contributed by atoms with E-state index in [4.69, 9.17) is 4.98 Å². The molecule has 2 aromatic heterocycles. The van der Waals surface area contributed by atoms with E-state index >= 15 is 0 Å². The van der Waals surface area contributed by atoms with Crippen LogP contribution in [0.15, 0.2) is 24.4 Å². The van der Waals surface area contributed by atoms with Crippen molar-refractivity contribution in [1.29, 1.82) is 0 Å². The Morgan fingerprint density at radius 2 is 2.19 bits per heavy atom. The van der Waals surface area contributed by atoms with Crippen LogP contribution in [0.1, 0.15) is 55.4 Å². The Balaban J connectivity index is 2.02. The number of nitrogens with one attached hydrogen (secondary N) is 1. The summed E-state index contributed by atoms with van der Waals surface area (Å²) < 4.78 is 0. The molecule has 4 nitrogen and oxygen atoms in total. The zero-order valence-corrected chi connectivity index (χ0v) is 12.8. The minimum absolute atomic E-state index is 0.306. The first-order valence-corrected chi connectivity index (χ1v) is 7.87. The Morgan fingerprint density at radius 1 is 1.29 bits per heavy atom. The van der Waals surface area contributed by atoms with Gasteiger partial charge in [-0.1, -0.05) is 13.0 Å². The number of hydrogen-bond donors (Lipinski definition) is 1. The lowest BCUT2D eigenvalue weighted by Crippen LogP contribution is -2.16. The highest BCUT2D eigenvalue weighted by Gasteiger charge is 2.24. The third-order valence-electron chi connectivity index (χ3n) is 4.02. The molecule has 0 amide bonds. The maximum Gasteiger partial charge on any atom is 0.130 e. The quantitative estimate of drug-likeness (QED) is 0.934. The Bertz CT molecular complexity index is 624. The fourth-order valence-corrected chi connectivity index (χ4v) is 3.02. The van der Waals surface area contributed by atoms with E-state index in [0.29, 0.717) is 5.92 Å². The molecule has 1 aliphatic carbocycles. The molecular weight excluding hydrogens is 260 g/mol. The van der Waals surface area contributed by atoms with Crippen molar-refractivity contribution in [2.45, 2.75) is 45.4 Å². The van der Waals surface area contributed by atoms with E-state index in [1.54, 1.807) is 0 Å². The summed E-state index contributed by atoms with van der Waals surface area (Å²) in [5, 5.41) is 3.31. The number of rotatable bonds is 4. The van der Waals surface area contributed by atoms with Gasteiger partial charge in [0.1, 0.15) is 11.6 Å². The van der Waals surface area contributed by atoms with Crippen molar-refractivity contribution < 1.29 is 0 Å². The average molecular weight is 282 g/mol. The number of pyridine rings is 1. The van der Waals surface area contributed by atoms with Crippen LogP contribution in [0, 0.1) is 0 Å². The van der Waals surface area contributed by atoms with Crippen LogP contribution < -0.4 is 5.32 Å². The molecule has 0 fully saturated rings. The summed E-state index contributed by atoms with van der Waals surface area (Å²) in [6.45, 7) is 5.06. The largest absolute Gasteiger partial charge is 0.370 e. The van der Waals surface area contributed by atoms with Gasteiger partial charge >= 0.3 is 0 Å². The van der Waals surface area contributed by atoms with Crippen LogP contribution >= 0.6 is 0 Å². The van der Waals surface area contributed by atoms with Crippen molar-refractivity contribution in [3.63, 3.8) is 0 Å². The molecule has 3 rings (SSSR count). The number of anilines is 1. The zero-order chi connectivity index (χ0) is 14.7. The van der Waals surface area contributed by atoms with E-state index in [-0.39, 0.29) is 0 Å². The molecule has 0 saturated carbocycles. The van der Waals surface area contributed by atoms with Crippen LogP contribution in [0.2, 0.25) is 0 Å². The molecule has 1 unspecified atom stereocenters. The first kappa shape index (κ1) is 14.0. The van der Waals surface area contributed by atoms with Crippen LogP contribution in [0.5, 0.6) is 0 Å². The molecule has 0 radical (unpaired) electrons. The molecule has 1 aliphatic rings. The van der Waals surface area contributed by atoms with E-state index in [1.165, 1.54) is 17.7 Å². The van der Waals surface area contributed by atoms with E-state index in [9.17, 15) is 0 Å². The van der Waals surface area contributed by atoms with Gasteiger partial charge in [0.15, 0.2) is 0 Å². The molecule has 110 valence electrons. The molecule has 4 heteroatoms. The fraction of sp³-hybridized carbons (Fsp3) is 0.471. The van der Waals surface area contributed by atoms with Gasteiger partial charge in [0.25, 0.3) is 0 Å².